The van der Waals surface area contributed by atoms with E-state index in [1.165, 1.54) is 5.56 Å². The molecule has 0 spiro atoms. The van der Waals surface area contributed by atoms with Gasteiger partial charge in [0.05, 0.1) is 11.6 Å². The Bertz CT molecular complexity index is 989. The topological polar surface area (TPSA) is 49.3 Å². The molecule has 1 atom stereocenters. The molecule has 1 aliphatic rings. The molecule has 158 valence electrons. The summed E-state index contributed by atoms with van der Waals surface area (Å²) in [6.07, 6.45) is 7.97. The fraction of sp³-hybridized carbons (Fsp3) is 0.269. The average Bonchev–Trinajstić information content (AvgIpc) is 2.95. The maximum atomic E-state index is 13.3. The number of aromatic nitrogens is 2. The van der Waals surface area contributed by atoms with Gasteiger partial charge in [-0.1, -0.05) is 36.4 Å². The van der Waals surface area contributed by atoms with Crippen molar-refractivity contribution in [1.82, 2.24) is 19.8 Å². The molecule has 1 unspecified atom stereocenters. The molecule has 3 heterocycles. The van der Waals surface area contributed by atoms with E-state index in [0.717, 1.165) is 49.4 Å². The standard InChI is InChI=1S/C26H28N4O/c1-2-15-30-17-16-29(20-25-5-3-4-12-28-25)19-24(26(30)31)18-21-6-8-22(9-7-21)23-10-13-27-14-11-23/h2-14,24H,1,15-20H2. The Hall–Kier alpha value is -3.31. The summed E-state index contributed by atoms with van der Waals surface area (Å²) in [5, 5.41) is 0. The number of carbonyl (C=O) groups excluding carboxylic acids is 1. The van der Waals surface area contributed by atoms with Crippen LogP contribution in [0.5, 0.6) is 0 Å². The van der Waals surface area contributed by atoms with Crippen LogP contribution in [0.15, 0.2) is 85.8 Å². The zero-order chi connectivity index (χ0) is 21.5. The lowest BCUT2D eigenvalue weighted by Gasteiger charge is -2.23. The Morgan fingerprint density at radius 3 is 2.45 bits per heavy atom. The zero-order valence-electron chi connectivity index (χ0n) is 17.7. The molecular weight excluding hydrogens is 384 g/mol. The summed E-state index contributed by atoms with van der Waals surface area (Å²) >= 11 is 0. The number of pyridine rings is 2. The van der Waals surface area contributed by atoms with Gasteiger partial charge in [-0.05, 0) is 47.4 Å². The molecule has 1 aliphatic heterocycles. The first-order chi connectivity index (χ1) is 15.2. The summed E-state index contributed by atoms with van der Waals surface area (Å²) in [6, 6.07) is 18.5. The third-order valence-electron chi connectivity index (χ3n) is 5.74. The maximum absolute atomic E-state index is 13.3. The number of nitrogens with zero attached hydrogens (tertiary/aromatic N) is 4. The molecule has 2 aromatic heterocycles. The van der Waals surface area contributed by atoms with E-state index in [1.807, 2.05) is 47.5 Å². The highest BCUT2D eigenvalue weighted by Crippen LogP contribution is 2.22. The van der Waals surface area contributed by atoms with Crippen LogP contribution in [-0.4, -0.2) is 51.9 Å². The minimum absolute atomic E-state index is 0.0852. The van der Waals surface area contributed by atoms with Gasteiger partial charge in [0, 0.05) is 51.3 Å². The molecule has 31 heavy (non-hydrogen) atoms. The highest BCUT2D eigenvalue weighted by molar-refractivity contribution is 5.80. The van der Waals surface area contributed by atoms with Crippen LogP contribution in [-0.2, 0) is 17.8 Å². The molecule has 0 radical (unpaired) electrons. The van der Waals surface area contributed by atoms with Crippen LogP contribution in [0.4, 0.5) is 0 Å². The van der Waals surface area contributed by atoms with E-state index in [1.54, 1.807) is 12.4 Å². The molecule has 0 N–H and O–H groups in total. The highest BCUT2D eigenvalue weighted by Gasteiger charge is 2.30. The lowest BCUT2D eigenvalue weighted by molar-refractivity contribution is -0.134. The second-order valence-electron chi connectivity index (χ2n) is 7.96. The van der Waals surface area contributed by atoms with E-state index in [9.17, 15) is 4.79 Å². The van der Waals surface area contributed by atoms with Crippen molar-refractivity contribution in [2.45, 2.75) is 13.0 Å². The van der Waals surface area contributed by atoms with E-state index in [2.05, 4.69) is 45.7 Å². The number of benzene rings is 1. The fourth-order valence-electron chi connectivity index (χ4n) is 4.13. The van der Waals surface area contributed by atoms with Crippen LogP contribution in [0.25, 0.3) is 11.1 Å². The van der Waals surface area contributed by atoms with Gasteiger partial charge in [-0.15, -0.1) is 6.58 Å². The van der Waals surface area contributed by atoms with Crippen molar-refractivity contribution in [2.75, 3.05) is 26.2 Å². The molecule has 1 saturated heterocycles. The van der Waals surface area contributed by atoms with Crippen molar-refractivity contribution in [3.05, 3.63) is 97.1 Å². The quantitative estimate of drug-likeness (QED) is 0.554. The smallest absolute Gasteiger partial charge is 0.227 e. The first-order valence-corrected chi connectivity index (χ1v) is 10.7. The lowest BCUT2D eigenvalue weighted by Crippen LogP contribution is -2.37. The number of hydrogen-bond donors (Lipinski definition) is 0. The maximum Gasteiger partial charge on any atom is 0.227 e. The first-order valence-electron chi connectivity index (χ1n) is 10.7. The van der Waals surface area contributed by atoms with Gasteiger partial charge in [-0.2, -0.15) is 0 Å². The molecule has 0 saturated carbocycles. The van der Waals surface area contributed by atoms with Gasteiger partial charge in [0.2, 0.25) is 5.91 Å². The predicted octanol–water partition coefficient (Wildman–Crippen LogP) is 3.83. The van der Waals surface area contributed by atoms with Gasteiger partial charge in [-0.3, -0.25) is 19.7 Å². The summed E-state index contributed by atoms with van der Waals surface area (Å²) in [6.45, 7) is 7.47. The normalized spacial score (nSPS) is 17.4. The van der Waals surface area contributed by atoms with Crippen LogP contribution in [0.1, 0.15) is 11.3 Å². The minimum Gasteiger partial charge on any atom is -0.337 e. The monoisotopic (exact) mass is 412 g/mol. The van der Waals surface area contributed by atoms with E-state index in [0.29, 0.717) is 6.54 Å². The SMILES string of the molecule is C=CCN1CCN(Cc2ccccn2)CC(Cc2ccc(-c3ccncc3)cc2)C1=O. The van der Waals surface area contributed by atoms with Gasteiger partial charge in [-0.25, -0.2) is 0 Å². The summed E-state index contributed by atoms with van der Waals surface area (Å²) in [5.74, 6) is 0.125. The van der Waals surface area contributed by atoms with E-state index in [4.69, 9.17) is 0 Å². The van der Waals surface area contributed by atoms with Crippen LogP contribution in [0.2, 0.25) is 0 Å². The molecule has 1 aromatic carbocycles. The third kappa shape index (κ3) is 5.44. The molecule has 0 aliphatic carbocycles. The second-order valence-corrected chi connectivity index (χ2v) is 7.96. The van der Waals surface area contributed by atoms with Crippen LogP contribution >= 0.6 is 0 Å². The molecule has 1 amide bonds. The molecule has 5 nitrogen and oxygen atoms in total. The van der Waals surface area contributed by atoms with Gasteiger partial charge in [0.1, 0.15) is 0 Å². The van der Waals surface area contributed by atoms with Gasteiger partial charge in [0.15, 0.2) is 0 Å². The van der Waals surface area contributed by atoms with Crippen molar-refractivity contribution in [3.63, 3.8) is 0 Å². The number of rotatable bonds is 7. The predicted molar refractivity (Wildman–Crippen MR) is 123 cm³/mol. The molecule has 1 fully saturated rings. The first kappa shape index (κ1) is 20.9. The average molecular weight is 413 g/mol. The van der Waals surface area contributed by atoms with Gasteiger partial charge in [0.25, 0.3) is 0 Å². The van der Waals surface area contributed by atoms with Crippen LogP contribution in [0.3, 0.4) is 0 Å². The highest BCUT2D eigenvalue weighted by atomic mass is 16.2. The molecule has 0 bridgehead atoms. The van der Waals surface area contributed by atoms with Crippen LogP contribution in [0, 0.1) is 5.92 Å². The Balaban J connectivity index is 1.50. The van der Waals surface area contributed by atoms with Gasteiger partial charge < -0.3 is 4.90 Å². The fourth-order valence-corrected chi connectivity index (χ4v) is 4.13. The van der Waals surface area contributed by atoms with Crippen molar-refractivity contribution in [3.8, 4) is 11.1 Å². The number of amides is 1. The van der Waals surface area contributed by atoms with E-state index >= 15 is 0 Å². The molecule has 3 aromatic rings. The molecule has 4 rings (SSSR count). The van der Waals surface area contributed by atoms with Gasteiger partial charge >= 0.3 is 0 Å². The summed E-state index contributed by atoms with van der Waals surface area (Å²) in [7, 11) is 0. The Morgan fingerprint density at radius 2 is 1.74 bits per heavy atom. The zero-order valence-corrected chi connectivity index (χ0v) is 17.7. The third-order valence-corrected chi connectivity index (χ3v) is 5.74. The second kappa shape index (κ2) is 10.1. The molecular formula is C26H28N4O. The van der Waals surface area contributed by atoms with Crippen molar-refractivity contribution < 1.29 is 4.79 Å². The lowest BCUT2D eigenvalue weighted by atomic mass is 9.95. The van der Waals surface area contributed by atoms with Crippen LogP contribution < -0.4 is 0 Å². The summed E-state index contributed by atoms with van der Waals surface area (Å²) in [4.78, 5) is 26.1. The van der Waals surface area contributed by atoms with E-state index in [-0.39, 0.29) is 11.8 Å². The largest absolute Gasteiger partial charge is 0.337 e. The van der Waals surface area contributed by atoms with Crippen molar-refractivity contribution in [2.24, 2.45) is 5.92 Å². The Kier molecular flexibility index (Phi) is 6.85. The summed E-state index contributed by atoms with van der Waals surface area (Å²) in [5.41, 5.74) is 4.51. The Labute approximate surface area is 184 Å². The Morgan fingerprint density at radius 1 is 0.968 bits per heavy atom. The molecule has 5 heteroatoms. The summed E-state index contributed by atoms with van der Waals surface area (Å²) < 4.78 is 0. The minimum atomic E-state index is -0.0852. The van der Waals surface area contributed by atoms with Crippen molar-refractivity contribution >= 4 is 5.91 Å². The number of hydrogen-bond acceptors (Lipinski definition) is 4. The number of carbonyl (C=O) groups is 1. The van der Waals surface area contributed by atoms with E-state index < -0.39 is 0 Å². The van der Waals surface area contributed by atoms with Crippen molar-refractivity contribution in [1.29, 1.82) is 0 Å².